The number of amides is 3. The molecule has 208 valence electrons. The average molecular weight is 548 g/mol. The molecule has 0 aromatic heterocycles. The topological polar surface area (TPSA) is 70.2 Å². The van der Waals surface area contributed by atoms with Crippen LogP contribution in [0.15, 0.2) is 78.9 Å². The van der Waals surface area contributed by atoms with Gasteiger partial charge in [0.25, 0.3) is 0 Å². The Morgan fingerprint density at radius 2 is 1.50 bits per heavy atom. The lowest BCUT2D eigenvalue weighted by molar-refractivity contribution is -0.157. The normalized spacial score (nSPS) is 16.2. The van der Waals surface area contributed by atoms with E-state index in [0.29, 0.717) is 11.4 Å². The van der Waals surface area contributed by atoms with Crippen molar-refractivity contribution in [3.8, 4) is 0 Å². The number of ether oxygens (including phenoxy) is 1. The van der Waals surface area contributed by atoms with E-state index in [2.05, 4.69) is 0 Å². The Bertz CT molecular complexity index is 1370. The third-order valence-corrected chi connectivity index (χ3v) is 7.68. The monoisotopic (exact) mass is 547 g/mol. The molecule has 3 aromatic carbocycles. The maximum absolute atomic E-state index is 14.9. The summed E-state index contributed by atoms with van der Waals surface area (Å²) in [7, 11) is 1.28. The number of methoxy groups -OCH3 is 1. The van der Waals surface area contributed by atoms with Gasteiger partial charge in [-0.1, -0.05) is 30.3 Å². The van der Waals surface area contributed by atoms with Crippen molar-refractivity contribution >= 4 is 35.0 Å². The minimum Gasteiger partial charge on any atom is -0.469 e. The number of nitrogens with zero attached hydrogens (tertiary/aromatic N) is 3. The number of hydrogen-bond acceptors (Lipinski definition) is 4. The fourth-order valence-electron chi connectivity index (χ4n) is 5.36. The van der Waals surface area contributed by atoms with Crippen molar-refractivity contribution in [2.24, 2.45) is 5.41 Å². The highest BCUT2D eigenvalue weighted by molar-refractivity contribution is 6.02. The van der Waals surface area contributed by atoms with Crippen molar-refractivity contribution in [2.45, 2.75) is 38.1 Å². The number of rotatable bonds is 7. The standard InChI is InChI=1S/C31H31F2N3O4/c1-40-29(38)31(21-28(37)36(23-7-3-2-4-8-23)27-10-6-5-9-26(27)33)17-19-34(20-18-31)30(39)35(25-15-16-25)24-13-11-22(32)12-14-24/h2-14,25H,15-21H2,1H3. The highest BCUT2D eigenvalue weighted by Gasteiger charge is 2.47. The smallest absolute Gasteiger partial charge is 0.324 e. The predicted octanol–water partition coefficient (Wildman–Crippen LogP) is 6.06. The quantitative estimate of drug-likeness (QED) is 0.337. The highest BCUT2D eigenvalue weighted by atomic mass is 19.1. The number of esters is 1. The van der Waals surface area contributed by atoms with Crippen LogP contribution in [0.5, 0.6) is 0 Å². The summed E-state index contributed by atoms with van der Waals surface area (Å²) in [6.45, 7) is 0.466. The molecule has 1 heterocycles. The summed E-state index contributed by atoms with van der Waals surface area (Å²) in [4.78, 5) is 45.2. The molecule has 1 aliphatic heterocycles. The third-order valence-electron chi connectivity index (χ3n) is 7.68. The number of halogens is 2. The van der Waals surface area contributed by atoms with Crippen LogP contribution in [-0.4, -0.2) is 49.0 Å². The number of piperidine rings is 1. The second kappa shape index (κ2) is 11.5. The van der Waals surface area contributed by atoms with Gasteiger partial charge >= 0.3 is 12.0 Å². The molecule has 0 N–H and O–H groups in total. The van der Waals surface area contributed by atoms with Crippen molar-refractivity contribution in [1.29, 1.82) is 0 Å². The summed E-state index contributed by atoms with van der Waals surface area (Å²) in [6.07, 6.45) is 1.93. The fourth-order valence-corrected chi connectivity index (χ4v) is 5.36. The molecular weight excluding hydrogens is 516 g/mol. The van der Waals surface area contributed by atoms with Gasteiger partial charge in [0.15, 0.2) is 0 Å². The van der Waals surface area contributed by atoms with Crippen LogP contribution in [0.25, 0.3) is 0 Å². The first-order valence-electron chi connectivity index (χ1n) is 13.4. The van der Waals surface area contributed by atoms with Crippen LogP contribution in [0, 0.1) is 17.0 Å². The molecule has 0 unspecified atom stereocenters. The second-order valence-electron chi connectivity index (χ2n) is 10.3. The zero-order chi connectivity index (χ0) is 28.3. The van der Waals surface area contributed by atoms with Gasteiger partial charge in [0.05, 0.1) is 18.2 Å². The molecule has 0 bridgehead atoms. The molecule has 1 saturated carbocycles. The third kappa shape index (κ3) is 5.54. The van der Waals surface area contributed by atoms with E-state index >= 15 is 0 Å². The summed E-state index contributed by atoms with van der Waals surface area (Å²) in [6, 6.07) is 20.4. The van der Waals surface area contributed by atoms with Gasteiger partial charge in [-0.3, -0.25) is 19.4 Å². The van der Waals surface area contributed by atoms with E-state index in [4.69, 9.17) is 4.74 Å². The Balaban J connectivity index is 1.37. The van der Waals surface area contributed by atoms with Crippen LogP contribution in [0.1, 0.15) is 32.1 Å². The first-order chi connectivity index (χ1) is 19.3. The van der Waals surface area contributed by atoms with Gasteiger partial charge in [-0.25, -0.2) is 13.6 Å². The van der Waals surface area contributed by atoms with Gasteiger partial charge in [-0.15, -0.1) is 0 Å². The zero-order valence-electron chi connectivity index (χ0n) is 22.3. The fraction of sp³-hybridized carbons (Fsp3) is 0.323. The maximum atomic E-state index is 14.9. The average Bonchev–Trinajstić information content (AvgIpc) is 3.81. The Labute approximate surface area is 231 Å². The maximum Gasteiger partial charge on any atom is 0.324 e. The minimum atomic E-state index is -1.18. The zero-order valence-corrected chi connectivity index (χ0v) is 22.3. The SMILES string of the molecule is COC(=O)C1(CC(=O)N(c2ccccc2)c2ccccc2F)CCN(C(=O)N(c2ccc(F)cc2)C2CC2)CC1. The number of para-hydroxylation sites is 2. The van der Waals surface area contributed by atoms with Gasteiger partial charge in [0.2, 0.25) is 5.91 Å². The van der Waals surface area contributed by atoms with Crippen LogP contribution in [0.2, 0.25) is 0 Å². The largest absolute Gasteiger partial charge is 0.469 e. The van der Waals surface area contributed by atoms with Gasteiger partial charge in [0.1, 0.15) is 11.6 Å². The van der Waals surface area contributed by atoms with E-state index in [0.717, 1.165) is 12.8 Å². The summed E-state index contributed by atoms with van der Waals surface area (Å²) in [5, 5.41) is 0. The number of benzene rings is 3. The molecule has 0 spiro atoms. The van der Waals surface area contributed by atoms with E-state index in [-0.39, 0.29) is 55.9 Å². The van der Waals surface area contributed by atoms with Gasteiger partial charge in [0, 0.05) is 36.9 Å². The van der Waals surface area contributed by atoms with Crippen molar-refractivity contribution < 1.29 is 27.9 Å². The number of carbonyl (C=O) groups is 3. The first kappa shape index (κ1) is 27.3. The molecule has 3 amide bonds. The number of urea groups is 1. The summed E-state index contributed by atoms with van der Waals surface area (Å²) in [5.41, 5.74) is 0.00819. The lowest BCUT2D eigenvalue weighted by atomic mass is 9.75. The Hall–Kier alpha value is -4.27. The van der Waals surface area contributed by atoms with Crippen molar-refractivity contribution in [3.63, 3.8) is 0 Å². The van der Waals surface area contributed by atoms with Crippen LogP contribution >= 0.6 is 0 Å². The predicted molar refractivity (Wildman–Crippen MR) is 147 cm³/mol. The molecule has 5 rings (SSSR count). The number of carbonyl (C=O) groups excluding carboxylic acids is 3. The second-order valence-corrected chi connectivity index (χ2v) is 10.3. The molecule has 1 saturated heterocycles. The van der Waals surface area contributed by atoms with Gasteiger partial charge < -0.3 is 9.64 Å². The van der Waals surface area contributed by atoms with E-state index in [1.165, 1.54) is 36.3 Å². The molecule has 0 radical (unpaired) electrons. The van der Waals surface area contributed by atoms with E-state index in [1.54, 1.807) is 64.4 Å². The first-order valence-corrected chi connectivity index (χ1v) is 13.4. The van der Waals surface area contributed by atoms with Crippen molar-refractivity contribution in [2.75, 3.05) is 30.0 Å². The molecular formula is C31H31F2N3O4. The molecule has 1 aliphatic carbocycles. The van der Waals surface area contributed by atoms with Crippen LogP contribution in [-0.2, 0) is 14.3 Å². The molecule has 0 atom stereocenters. The number of hydrogen-bond donors (Lipinski definition) is 0. The molecule has 2 fully saturated rings. The van der Waals surface area contributed by atoms with Gasteiger partial charge in [-0.05, 0) is 74.2 Å². The minimum absolute atomic E-state index is 0.0482. The van der Waals surface area contributed by atoms with E-state index < -0.39 is 23.1 Å². The van der Waals surface area contributed by atoms with E-state index in [9.17, 15) is 23.2 Å². The lowest BCUT2D eigenvalue weighted by Gasteiger charge is -2.41. The van der Waals surface area contributed by atoms with Gasteiger partial charge in [-0.2, -0.15) is 0 Å². The Morgan fingerprint density at radius 3 is 2.10 bits per heavy atom. The van der Waals surface area contributed by atoms with Crippen molar-refractivity contribution in [1.82, 2.24) is 4.90 Å². The summed E-state index contributed by atoms with van der Waals surface area (Å²) < 4.78 is 33.5. The van der Waals surface area contributed by atoms with Crippen LogP contribution in [0.4, 0.5) is 30.6 Å². The lowest BCUT2D eigenvalue weighted by Crippen LogP contribution is -2.52. The molecule has 3 aromatic rings. The Kier molecular flexibility index (Phi) is 7.82. The highest BCUT2D eigenvalue weighted by Crippen LogP contribution is 2.41. The van der Waals surface area contributed by atoms with Crippen LogP contribution < -0.4 is 9.80 Å². The molecule has 7 nitrogen and oxygen atoms in total. The number of likely N-dealkylation sites (tertiary alicyclic amines) is 1. The number of anilines is 3. The molecule has 2 aliphatic rings. The Morgan fingerprint density at radius 1 is 0.875 bits per heavy atom. The molecule has 9 heteroatoms. The van der Waals surface area contributed by atoms with Crippen molar-refractivity contribution in [3.05, 3.63) is 90.5 Å². The summed E-state index contributed by atoms with van der Waals surface area (Å²) in [5.74, 6) is -1.93. The molecule has 40 heavy (non-hydrogen) atoms. The van der Waals surface area contributed by atoms with Crippen LogP contribution in [0.3, 0.4) is 0 Å². The summed E-state index contributed by atoms with van der Waals surface area (Å²) >= 11 is 0. The van der Waals surface area contributed by atoms with E-state index in [1.807, 2.05) is 0 Å².